The van der Waals surface area contributed by atoms with Crippen molar-refractivity contribution in [3.05, 3.63) is 35.9 Å². The molecule has 0 saturated heterocycles. The molecule has 0 radical (unpaired) electrons. The summed E-state index contributed by atoms with van der Waals surface area (Å²) in [6.45, 7) is 1.78. The van der Waals surface area contributed by atoms with Crippen LogP contribution in [0.2, 0.25) is 0 Å². The molecule has 2 N–H and O–H groups in total. The summed E-state index contributed by atoms with van der Waals surface area (Å²) in [5, 5.41) is 0. The van der Waals surface area contributed by atoms with Crippen LogP contribution in [0.4, 0.5) is 19.0 Å². The van der Waals surface area contributed by atoms with Crippen molar-refractivity contribution in [2.75, 3.05) is 5.73 Å². The monoisotopic (exact) mass is 268 g/mol. The summed E-state index contributed by atoms with van der Waals surface area (Å²) in [6, 6.07) is 0.924. The predicted molar refractivity (Wildman–Crippen MR) is 64.1 cm³/mol. The Morgan fingerprint density at radius 1 is 1.26 bits per heavy atom. The number of pyridine rings is 1. The van der Waals surface area contributed by atoms with Crippen LogP contribution in [0.25, 0.3) is 11.3 Å². The molecule has 0 atom stereocenters. The van der Waals surface area contributed by atoms with E-state index in [9.17, 15) is 13.2 Å². The first-order valence-corrected chi connectivity index (χ1v) is 5.56. The topological polar surface area (TPSA) is 64.7 Å². The van der Waals surface area contributed by atoms with Crippen LogP contribution >= 0.6 is 0 Å². The van der Waals surface area contributed by atoms with Crippen molar-refractivity contribution in [1.29, 1.82) is 0 Å². The van der Waals surface area contributed by atoms with Crippen molar-refractivity contribution >= 4 is 5.82 Å². The van der Waals surface area contributed by atoms with Crippen molar-refractivity contribution in [3.8, 4) is 11.3 Å². The fourth-order valence-corrected chi connectivity index (χ4v) is 1.84. The van der Waals surface area contributed by atoms with E-state index in [1.165, 1.54) is 0 Å². The minimum Gasteiger partial charge on any atom is -0.383 e. The van der Waals surface area contributed by atoms with Crippen molar-refractivity contribution in [2.45, 2.75) is 19.5 Å². The number of alkyl halides is 3. The van der Waals surface area contributed by atoms with Gasteiger partial charge in [-0.1, -0.05) is 6.92 Å². The molecule has 2 aromatic heterocycles. The minimum absolute atomic E-state index is 0.0825. The normalized spacial score (nSPS) is 11.6. The van der Waals surface area contributed by atoms with Gasteiger partial charge in [0.25, 0.3) is 0 Å². The van der Waals surface area contributed by atoms with Crippen LogP contribution in [0, 0.1) is 0 Å². The van der Waals surface area contributed by atoms with Crippen LogP contribution in [-0.4, -0.2) is 15.0 Å². The van der Waals surface area contributed by atoms with E-state index in [-0.39, 0.29) is 17.1 Å². The van der Waals surface area contributed by atoms with Crippen LogP contribution in [0.15, 0.2) is 24.8 Å². The third kappa shape index (κ3) is 2.49. The molecule has 0 bridgehead atoms. The molecule has 0 fully saturated rings. The summed E-state index contributed by atoms with van der Waals surface area (Å²) < 4.78 is 38.9. The quantitative estimate of drug-likeness (QED) is 0.909. The summed E-state index contributed by atoms with van der Waals surface area (Å²) in [7, 11) is 0. The molecule has 2 rings (SSSR count). The van der Waals surface area contributed by atoms with E-state index < -0.39 is 11.7 Å². The summed E-state index contributed by atoms with van der Waals surface area (Å²) >= 11 is 0. The summed E-state index contributed by atoms with van der Waals surface area (Å²) in [6.07, 6.45) is -0.638. The molecule has 0 aromatic carbocycles. The van der Waals surface area contributed by atoms with E-state index in [1.54, 1.807) is 6.92 Å². The summed E-state index contributed by atoms with van der Waals surface area (Å²) in [5.74, 6) is 0.185. The third-order valence-corrected chi connectivity index (χ3v) is 2.71. The Morgan fingerprint density at radius 2 is 2.00 bits per heavy atom. The zero-order valence-corrected chi connectivity index (χ0v) is 10.1. The summed E-state index contributed by atoms with van der Waals surface area (Å²) in [5.41, 5.74) is 5.47. The highest BCUT2D eigenvalue weighted by atomic mass is 19.4. The van der Waals surface area contributed by atoms with Gasteiger partial charge in [-0.05, 0) is 12.5 Å². The van der Waals surface area contributed by atoms with Gasteiger partial charge in [-0.3, -0.25) is 4.98 Å². The summed E-state index contributed by atoms with van der Waals surface area (Å²) in [4.78, 5) is 11.5. The Hall–Kier alpha value is -2.18. The van der Waals surface area contributed by atoms with E-state index in [0.717, 1.165) is 24.8 Å². The van der Waals surface area contributed by atoms with Crippen molar-refractivity contribution in [2.24, 2.45) is 0 Å². The van der Waals surface area contributed by atoms with E-state index in [0.29, 0.717) is 12.0 Å². The van der Waals surface area contributed by atoms with Gasteiger partial charge in [0.1, 0.15) is 12.1 Å². The second-order valence-corrected chi connectivity index (χ2v) is 3.86. The van der Waals surface area contributed by atoms with Crippen molar-refractivity contribution in [1.82, 2.24) is 15.0 Å². The maximum absolute atomic E-state index is 13.0. The lowest BCUT2D eigenvalue weighted by Gasteiger charge is -2.14. The van der Waals surface area contributed by atoms with Gasteiger partial charge in [-0.25, -0.2) is 9.97 Å². The minimum atomic E-state index is -4.47. The Labute approximate surface area is 107 Å². The number of rotatable bonds is 2. The molecule has 0 aliphatic heterocycles. The van der Waals surface area contributed by atoms with Crippen LogP contribution in [0.5, 0.6) is 0 Å². The van der Waals surface area contributed by atoms with Crippen LogP contribution in [-0.2, 0) is 12.6 Å². The zero-order chi connectivity index (χ0) is 14.0. The molecule has 0 spiro atoms. The Bertz CT molecular complexity index is 596. The number of anilines is 1. The number of nitrogens with two attached hydrogens (primary N) is 1. The van der Waals surface area contributed by atoms with Gasteiger partial charge in [-0.15, -0.1) is 0 Å². The molecule has 4 nitrogen and oxygen atoms in total. The molecule has 100 valence electrons. The van der Waals surface area contributed by atoms with Crippen molar-refractivity contribution in [3.63, 3.8) is 0 Å². The third-order valence-electron chi connectivity index (χ3n) is 2.71. The Morgan fingerprint density at radius 3 is 2.63 bits per heavy atom. The second kappa shape index (κ2) is 4.83. The van der Waals surface area contributed by atoms with Gasteiger partial charge in [0, 0.05) is 23.5 Å². The number of halogens is 3. The highest BCUT2D eigenvalue weighted by molar-refractivity contribution is 5.70. The molecular formula is C12H11F3N4. The molecule has 7 heteroatoms. The standard InChI is InChI=1S/C12H11F3N4/c1-2-7-10(18-6-19-11(7)16)8-5-17-4-3-9(8)12(13,14)15/h3-6H,2H2,1H3,(H2,16,18,19). The predicted octanol–water partition coefficient (Wildman–Crippen LogP) is 2.70. The molecule has 0 aliphatic carbocycles. The van der Waals surface area contributed by atoms with Crippen LogP contribution in [0.1, 0.15) is 18.1 Å². The number of aromatic nitrogens is 3. The molecular weight excluding hydrogens is 257 g/mol. The highest BCUT2D eigenvalue weighted by Gasteiger charge is 2.34. The van der Waals surface area contributed by atoms with Gasteiger partial charge >= 0.3 is 6.18 Å². The van der Waals surface area contributed by atoms with E-state index in [4.69, 9.17) is 5.73 Å². The Balaban J connectivity index is 2.70. The van der Waals surface area contributed by atoms with Gasteiger partial charge < -0.3 is 5.73 Å². The molecule has 2 heterocycles. The van der Waals surface area contributed by atoms with E-state index >= 15 is 0 Å². The fraction of sp³-hybridized carbons (Fsp3) is 0.250. The number of nitrogen functional groups attached to an aromatic ring is 1. The highest BCUT2D eigenvalue weighted by Crippen LogP contribution is 2.37. The molecule has 0 amide bonds. The first-order chi connectivity index (χ1) is 8.95. The van der Waals surface area contributed by atoms with Crippen molar-refractivity contribution < 1.29 is 13.2 Å². The second-order valence-electron chi connectivity index (χ2n) is 3.86. The number of hydrogen-bond donors (Lipinski definition) is 1. The first kappa shape index (κ1) is 13.3. The smallest absolute Gasteiger partial charge is 0.383 e. The van der Waals surface area contributed by atoms with E-state index in [1.807, 2.05) is 0 Å². The van der Waals surface area contributed by atoms with Gasteiger partial charge in [0.2, 0.25) is 0 Å². The van der Waals surface area contributed by atoms with Gasteiger partial charge in [0.15, 0.2) is 0 Å². The average molecular weight is 268 g/mol. The lowest BCUT2D eigenvalue weighted by Crippen LogP contribution is -2.10. The van der Waals surface area contributed by atoms with Gasteiger partial charge in [-0.2, -0.15) is 13.2 Å². The lowest BCUT2D eigenvalue weighted by molar-refractivity contribution is -0.137. The van der Waals surface area contributed by atoms with E-state index in [2.05, 4.69) is 15.0 Å². The maximum atomic E-state index is 13.0. The zero-order valence-electron chi connectivity index (χ0n) is 10.1. The SMILES string of the molecule is CCc1c(N)ncnc1-c1cnccc1C(F)(F)F. The fourth-order valence-electron chi connectivity index (χ4n) is 1.84. The largest absolute Gasteiger partial charge is 0.417 e. The maximum Gasteiger partial charge on any atom is 0.417 e. The molecule has 0 aliphatic rings. The Kier molecular flexibility index (Phi) is 3.37. The molecule has 0 saturated carbocycles. The van der Waals surface area contributed by atoms with Crippen LogP contribution in [0.3, 0.4) is 0 Å². The molecule has 2 aromatic rings. The molecule has 0 unspecified atom stereocenters. The molecule has 19 heavy (non-hydrogen) atoms. The van der Waals surface area contributed by atoms with Crippen LogP contribution < -0.4 is 5.73 Å². The van der Waals surface area contributed by atoms with Gasteiger partial charge in [0.05, 0.1) is 11.3 Å². The average Bonchev–Trinajstić information content (AvgIpc) is 2.37. The number of hydrogen-bond acceptors (Lipinski definition) is 4. The first-order valence-electron chi connectivity index (χ1n) is 5.56. The lowest BCUT2D eigenvalue weighted by atomic mass is 10.0. The number of nitrogens with zero attached hydrogens (tertiary/aromatic N) is 3.